The molecule has 3 heteroatoms. The van der Waals surface area contributed by atoms with Crippen LogP contribution in [0.15, 0.2) is 12.3 Å². The van der Waals surface area contributed by atoms with Crippen LogP contribution in [0.1, 0.15) is 5.69 Å². The maximum absolute atomic E-state index is 3.96. The van der Waals surface area contributed by atoms with Crippen LogP contribution in [0.2, 0.25) is 0 Å². The third kappa shape index (κ3) is 0.721. The van der Waals surface area contributed by atoms with Crippen LogP contribution < -0.4 is 5.73 Å². The molecular weight excluding hydrogens is 102 g/mol. The van der Waals surface area contributed by atoms with Gasteiger partial charge in [0, 0.05) is 13.2 Å². The smallest absolute Gasteiger partial charge is 0.117 e. The van der Waals surface area contributed by atoms with Crippen molar-refractivity contribution in [2.75, 3.05) is 0 Å². The van der Waals surface area contributed by atoms with E-state index in [0.29, 0.717) is 0 Å². The van der Waals surface area contributed by atoms with E-state index in [1.165, 1.54) is 5.69 Å². The molecule has 0 aliphatic rings. The number of rotatable bonds is 1. The quantitative estimate of drug-likeness (QED) is 0.506. The highest BCUT2D eigenvalue weighted by molar-refractivity contribution is 4.96. The molecule has 0 spiro atoms. The molecule has 1 rings (SSSR count). The average Bonchev–Trinajstić information content (AvgIpc) is 2.14. The topological polar surface area (TPSA) is 45.5 Å². The Bertz CT molecular complexity index is 168. The summed E-state index contributed by atoms with van der Waals surface area (Å²) in [6.45, 7) is 0.816. The van der Waals surface area contributed by atoms with E-state index in [9.17, 15) is 0 Å². The minimum atomic E-state index is 0.816. The Morgan fingerprint density at radius 1 is 1.88 bits per heavy atom. The first kappa shape index (κ1) is 5.31. The lowest BCUT2D eigenvalue weighted by molar-refractivity contribution is -0.387. The van der Waals surface area contributed by atoms with Crippen molar-refractivity contribution < 1.29 is 5.73 Å². The highest BCUT2D eigenvalue weighted by Gasteiger charge is 1.92. The van der Waals surface area contributed by atoms with E-state index in [0.717, 1.165) is 6.54 Å². The Morgan fingerprint density at radius 3 is 2.88 bits per heavy atom. The lowest BCUT2D eigenvalue weighted by Gasteiger charge is -1.90. The van der Waals surface area contributed by atoms with Crippen LogP contribution in [0, 0.1) is 0 Å². The molecule has 0 saturated heterocycles. The highest BCUT2D eigenvalue weighted by atomic mass is 15.3. The summed E-state index contributed by atoms with van der Waals surface area (Å²) in [6, 6.07) is 1.97. The summed E-state index contributed by atoms with van der Waals surface area (Å²) in [4.78, 5) is 0. The van der Waals surface area contributed by atoms with Gasteiger partial charge in [-0.15, -0.1) is 0 Å². The number of hydrogen-bond acceptors (Lipinski definition) is 1. The van der Waals surface area contributed by atoms with Gasteiger partial charge in [0.15, 0.2) is 0 Å². The number of quaternary nitrogens is 1. The zero-order valence-corrected chi connectivity index (χ0v) is 4.96. The van der Waals surface area contributed by atoms with Crippen molar-refractivity contribution >= 4 is 0 Å². The predicted molar refractivity (Wildman–Crippen MR) is 29.8 cm³/mol. The van der Waals surface area contributed by atoms with Crippen LogP contribution in [0.5, 0.6) is 0 Å². The monoisotopic (exact) mass is 112 g/mol. The fourth-order valence-corrected chi connectivity index (χ4v) is 0.647. The van der Waals surface area contributed by atoms with Gasteiger partial charge in [-0.2, -0.15) is 5.10 Å². The van der Waals surface area contributed by atoms with Crippen molar-refractivity contribution in [2.24, 2.45) is 7.05 Å². The molecule has 0 aromatic carbocycles. The third-order valence-corrected chi connectivity index (χ3v) is 1.18. The second-order valence-electron chi connectivity index (χ2n) is 1.70. The van der Waals surface area contributed by atoms with Crippen LogP contribution >= 0.6 is 0 Å². The molecule has 0 saturated carbocycles. The van der Waals surface area contributed by atoms with Gasteiger partial charge in [-0.3, -0.25) is 4.68 Å². The second-order valence-corrected chi connectivity index (χ2v) is 1.70. The SMILES string of the molecule is Cn1nccc1C[NH3+]. The van der Waals surface area contributed by atoms with E-state index >= 15 is 0 Å². The maximum Gasteiger partial charge on any atom is 0.117 e. The van der Waals surface area contributed by atoms with Gasteiger partial charge in [0.25, 0.3) is 0 Å². The van der Waals surface area contributed by atoms with Crippen LogP contribution in [0.3, 0.4) is 0 Å². The molecule has 0 unspecified atom stereocenters. The number of hydrogen-bond donors (Lipinski definition) is 1. The molecule has 1 aromatic heterocycles. The molecule has 0 atom stereocenters. The van der Waals surface area contributed by atoms with Crippen LogP contribution in [-0.2, 0) is 13.6 Å². The standard InChI is InChI=1S/C5H9N3/c1-8-5(4-6)2-3-7-8/h2-3H,4,6H2,1H3/p+1. The minimum Gasteiger partial charge on any atom is -0.353 e. The van der Waals surface area contributed by atoms with Gasteiger partial charge in [-0.25, -0.2) is 0 Å². The molecule has 44 valence electrons. The van der Waals surface area contributed by atoms with Crippen LogP contribution in [0.25, 0.3) is 0 Å². The van der Waals surface area contributed by atoms with E-state index in [4.69, 9.17) is 0 Å². The molecule has 3 N–H and O–H groups in total. The molecule has 1 aromatic rings. The summed E-state index contributed by atoms with van der Waals surface area (Å²) in [7, 11) is 1.92. The van der Waals surface area contributed by atoms with Crippen LogP contribution in [0.4, 0.5) is 0 Å². The Morgan fingerprint density at radius 2 is 2.62 bits per heavy atom. The Kier molecular flexibility index (Phi) is 1.30. The molecule has 8 heavy (non-hydrogen) atoms. The first-order chi connectivity index (χ1) is 3.84. The summed E-state index contributed by atoms with van der Waals surface area (Å²) in [5, 5.41) is 3.96. The van der Waals surface area contributed by atoms with Gasteiger partial charge in [0.05, 0.1) is 5.69 Å². The number of aryl methyl sites for hydroxylation is 1. The molecule has 1 heterocycles. The number of aromatic nitrogens is 2. The first-order valence-electron chi connectivity index (χ1n) is 2.60. The summed E-state index contributed by atoms with van der Waals surface area (Å²) in [5.41, 5.74) is 4.90. The molecule has 0 radical (unpaired) electrons. The normalized spacial score (nSPS) is 9.75. The largest absolute Gasteiger partial charge is 0.353 e. The Labute approximate surface area is 48.1 Å². The van der Waals surface area contributed by atoms with E-state index in [1.807, 2.05) is 17.8 Å². The van der Waals surface area contributed by atoms with Crippen molar-refractivity contribution in [3.05, 3.63) is 18.0 Å². The third-order valence-electron chi connectivity index (χ3n) is 1.18. The average molecular weight is 112 g/mol. The fourth-order valence-electron chi connectivity index (χ4n) is 0.647. The molecule has 3 nitrogen and oxygen atoms in total. The van der Waals surface area contributed by atoms with E-state index in [1.54, 1.807) is 6.20 Å². The molecule has 0 aliphatic carbocycles. The van der Waals surface area contributed by atoms with E-state index in [2.05, 4.69) is 10.8 Å². The number of nitrogens with zero attached hydrogens (tertiary/aromatic N) is 2. The maximum atomic E-state index is 3.96. The van der Waals surface area contributed by atoms with Gasteiger partial charge in [0.2, 0.25) is 0 Å². The van der Waals surface area contributed by atoms with E-state index < -0.39 is 0 Å². The van der Waals surface area contributed by atoms with Crippen molar-refractivity contribution in [3.8, 4) is 0 Å². The zero-order valence-electron chi connectivity index (χ0n) is 4.96. The van der Waals surface area contributed by atoms with Gasteiger partial charge in [0.1, 0.15) is 6.54 Å². The lowest BCUT2D eigenvalue weighted by Crippen LogP contribution is -2.48. The molecule has 0 bridgehead atoms. The molecule has 0 amide bonds. The summed E-state index contributed by atoms with van der Waals surface area (Å²) in [6.07, 6.45) is 1.78. The summed E-state index contributed by atoms with van der Waals surface area (Å²) >= 11 is 0. The van der Waals surface area contributed by atoms with E-state index in [-0.39, 0.29) is 0 Å². The van der Waals surface area contributed by atoms with Gasteiger partial charge in [-0.1, -0.05) is 0 Å². The van der Waals surface area contributed by atoms with Crippen molar-refractivity contribution in [3.63, 3.8) is 0 Å². The highest BCUT2D eigenvalue weighted by Crippen LogP contribution is 1.90. The first-order valence-corrected chi connectivity index (χ1v) is 2.60. The Hall–Kier alpha value is -0.830. The van der Waals surface area contributed by atoms with Gasteiger partial charge in [-0.05, 0) is 6.07 Å². The summed E-state index contributed by atoms with van der Waals surface area (Å²) < 4.78 is 1.83. The lowest BCUT2D eigenvalue weighted by atomic mass is 10.4. The predicted octanol–water partition coefficient (Wildman–Crippen LogP) is -0.838. The Balaban J connectivity index is 2.92. The van der Waals surface area contributed by atoms with Crippen LogP contribution in [-0.4, -0.2) is 9.78 Å². The minimum absolute atomic E-state index is 0.816. The second kappa shape index (κ2) is 1.96. The zero-order chi connectivity index (χ0) is 5.98. The van der Waals surface area contributed by atoms with Crippen molar-refractivity contribution in [1.29, 1.82) is 0 Å². The van der Waals surface area contributed by atoms with Crippen molar-refractivity contribution in [1.82, 2.24) is 9.78 Å². The fraction of sp³-hybridized carbons (Fsp3) is 0.400. The summed E-state index contributed by atoms with van der Waals surface area (Å²) in [5.74, 6) is 0. The molecule has 0 fully saturated rings. The molecular formula is C5H10N3+. The van der Waals surface area contributed by atoms with Crippen molar-refractivity contribution in [2.45, 2.75) is 6.54 Å². The van der Waals surface area contributed by atoms with Gasteiger partial charge < -0.3 is 5.73 Å². The molecule has 0 aliphatic heterocycles. The van der Waals surface area contributed by atoms with Gasteiger partial charge >= 0.3 is 0 Å².